The van der Waals surface area contributed by atoms with Crippen molar-refractivity contribution in [2.75, 3.05) is 53.9 Å². The fourth-order valence-corrected chi connectivity index (χ4v) is 2.83. The lowest BCUT2D eigenvalue weighted by molar-refractivity contribution is -0.223. The normalized spacial score (nSPS) is 14.4. The van der Waals surface area contributed by atoms with Gasteiger partial charge in [0.25, 0.3) is 0 Å². The second-order valence-corrected chi connectivity index (χ2v) is 7.69. The molecule has 33 heavy (non-hydrogen) atoms. The van der Waals surface area contributed by atoms with Gasteiger partial charge in [0.1, 0.15) is 11.5 Å². The Kier molecular flexibility index (Phi) is 23.2. The van der Waals surface area contributed by atoms with Crippen molar-refractivity contribution in [3.63, 3.8) is 0 Å². The van der Waals surface area contributed by atoms with E-state index in [0.29, 0.717) is 24.7 Å². The van der Waals surface area contributed by atoms with Crippen molar-refractivity contribution >= 4 is 0 Å². The molecule has 0 saturated heterocycles. The molecule has 7 nitrogen and oxygen atoms in total. The third-order valence-corrected chi connectivity index (χ3v) is 4.46. The number of allylic oxidation sites excluding steroid dienone is 2. The topological polar surface area (TPSA) is 64.6 Å². The van der Waals surface area contributed by atoms with Crippen molar-refractivity contribution in [1.29, 1.82) is 0 Å². The molecule has 0 spiro atoms. The highest BCUT2D eigenvalue weighted by Gasteiger charge is 2.25. The van der Waals surface area contributed by atoms with Crippen molar-refractivity contribution < 1.29 is 33.2 Å². The SMILES string of the molecule is CCCOCCCC=C(OCCC)C(OC)OC(OC)C(=CCCCOCCC)OCCC. The number of methoxy groups -OCH3 is 2. The monoisotopic (exact) mass is 474 g/mol. The Bertz CT molecular complexity index is 437. The number of rotatable bonds is 24. The molecule has 0 aliphatic carbocycles. The summed E-state index contributed by atoms with van der Waals surface area (Å²) in [6.07, 6.45) is 9.95. The van der Waals surface area contributed by atoms with Crippen LogP contribution in [0, 0.1) is 0 Å². The zero-order chi connectivity index (χ0) is 24.6. The molecule has 2 unspecified atom stereocenters. The van der Waals surface area contributed by atoms with Gasteiger partial charge in [-0.2, -0.15) is 0 Å². The van der Waals surface area contributed by atoms with E-state index >= 15 is 0 Å². The van der Waals surface area contributed by atoms with Crippen LogP contribution in [0.25, 0.3) is 0 Å². The van der Waals surface area contributed by atoms with E-state index in [1.807, 2.05) is 12.2 Å². The molecule has 0 fully saturated rings. The quantitative estimate of drug-likeness (QED) is 0.0968. The molecule has 0 bridgehead atoms. The summed E-state index contributed by atoms with van der Waals surface area (Å²) in [5.74, 6) is 1.30. The van der Waals surface area contributed by atoms with Gasteiger partial charge in [0.2, 0.25) is 12.6 Å². The molecular weight excluding hydrogens is 424 g/mol. The largest absolute Gasteiger partial charge is 0.493 e. The minimum atomic E-state index is -0.695. The van der Waals surface area contributed by atoms with Gasteiger partial charge < -0.3 is 33.2 Å². The average molecular weight is 475 g/mol. The molecule has 2 atom stereocenters. The first kappa shape index (κ1) is 31.9. The summed E-state index contributed by atoms with van der Waals surface area (Å²) in [6, 6.07) is 0. The molecule has 196 valence electrons. The van der Waals surface area contributed by atoms with Crippen molar-refractivity contribution in [1.82, 2.24) is 0 Å². The molecule has 0 heterocycles. The summed E-state index contributed by atoms with van der Waals surface area (Å²) in [5.41, 5.74) is 0. The Hall–Kier alpha value is -1.12. The van der Waals surface area contributed by atoms with Gasteiger partial charge in [0, 0.05) is 40.6 Å². The van der Waals surface area contributed by atoms with E-state index in [4.69, 9.17) is 33.2 Å². The summed E-state index contributed by atoms with van der Waals surface area (Å²) in [7, 11) is 3.21. The maximum Gasteiger partial charge on any atom is 0.218 e. The van der Waals surface area contributed by atoms with Crippen LogP contribution in [0.15, 0.2) is 23.7 Å². The predicted octanol–water partition coefficient (Wildman–Crippen LogP) is 5.98. The Morgan fingerprint density at radius 1 is 0.576 bits per heavy atom. The summed E-state index contributed by atoms with van der Waals surface area (Å²) in [5, 5.41) is 0. The minimum Gasteiger partial charge on any atom is -0.493 e. The van der Waals surface area contributed by atoms with Crippen LogP contribution in [0.1, 0.15) is 79.1 Å². The maximum absolute atomic E-state index is 6.16. The van der Waals surface area contributed by atoms with Crippen LogP contribution in [-0.4, -0.2) is 66.4 Å². The van der Waals surface area contributed by atoms with E-state index in [1.165, 1.54) is 0 Å². The molecule has 0 aliphatic rings. The van der Waals surface area contributed by atoms with E-state index in [2.05, 4.69) is 27.7 Å². The van der Waals surface area contributed by atoms with Crippen molar-refractivity contribution in [3.05, 3.63) is 23.7 Å². The number of ether oxygens (including phenoxy) is 7. The molecule has 7 heteroatoms. The number of hydrogen-bond acceptors (Lipinski definition) is 7. The van der Waals surface area contributed by atoms with E-state index in [9.17, 15) is 0 Å². The summed E-state index contributed by atoms with van der Waals surface area (Å²) in [4.78, 5) is 0. The van der Waals surface area contributed by atoms with E-state index in [0.717, 1.165) is 77.8 Å². The molecule has 0 rings (SSSR count). The van der Waals surface area contributed by atoms with Crippen LogP contribution in [0.4, 0.5) is 0 Å². The summed E-state index contributed by atoms with van der Waals surface area (Å²) >= 11 is 0. The van der Waals surface area contributed by atoms with E-state index in [-0.39, 0.29) is 0 Å². The van der Waals surface area contributed by atoms with Crippen molar-refractivity contribution in [3.8, 4) is 0 Å². The molecule has 0 saturated carbocycles. The van der Waals surface area contributed by atoms with Crippen molar-refractivity contribution in [2.24, 2.45) is 0 Å². The second-order valence-electron chi connectivity index (χ2n) is 7.69. The van der Waals surface area contributed by atoms with Gasteiger partial charge in [-0.3, -0.25) is 0 Å². The zero-order valence-electron chi connectivity index (χ0n) is 22.1. The van der Waals surface area contributed by atoms with Gasteiger partial charge in [-0.15, -0.1) is 0 Å². The third kappa shape index (κ3) is 17.0. The fourth-order valence-electron chi connectivity index (χ4n) is 2.83. The van der Waals surface area contributed by atoms with Crippen LogP contribution in [-0.2, 0) is 33.2 Å². The Labute approximate surface area is 202 Å². The molecule has 0 amide bonds. The van der Waals surface area contributed by atoms with Crippen LogP contribution in [0.2, 0.25) is 0 Å². The van der Waals surface area contributed by atoms with Gasteiger partial charge in [0.15, 0.2) is 0 Å². The third-order valence-electron chi connectivity index (χ3n) is 4.46. The van der Waals surface area contributed by atoms with Crippen LogP contribution in [0.5, 0.6) is 0 Å². The smallest absolute Gasteiger partial charge is 0.218 e. The van der Waals surface area contributed by atoms with Gasteiger partial charge in [-0.05, 0) is 63.5 Å². The molecule has 0 aromatic rings. The lowest BCUT2D eigenvalue weighted by Crippen LogP contribution is -2.30. The van der Waals surface area contributed by atoms with Gasteiger partial charge >= 0.3 is 0 Å². The minimum absolute atomic E-state index is 0.589. The molecule has 0 radical (unpaired) electrons. The molecule has 0 aromatic carbocycles. The van der Waals surface area contributed by atoms with Crippen LogP contribution in [0.3, 0.4) is 0 Å². The lowest BCUT2D eigenvalue weighted by Gasteiger charge is -2.26. The van der Waals surface area contributed by atoms with E-state index in [1.54, 1.807) is 14.2 Å². The van der Waals surface area contributed by atoms with Gasteiger partial charge in [0.05, 0.1) is 13.2 Å². The van der Waals surface area contributed by atoms with Crippen molar-refractivity contribution in [2.45, 2.75) is 91.6 Å². The van der Waals surface area contributed by atoms with Gasteiger partial charge in [-0.25, -0.2) is 0 Å². The zero-order valence-corrected chi connectivity index (χ0v) is 22.1. The van der Waals surface area contributed by atoms with Crippen LogP contribution >= 0.6 is 0 Å². The second kappa shape index (κ2) is 24.0. The number of hydrogen-bond donors (Lipinski definition) is 0. The van der Waals surface area contributed by atoms with Gasteiger partial charge in [-0.1, -0.05) is 27.7 Å². The lowest BCUT2D eigenvalue weighted by atomic mass is 10.2. The standard InChI is InChI=1S/C26H50O7/c1-7-17-29-21-13-11-15-23(31-19-9-3)25(27-5)33-26(28-6)24(32-20-10-4)16-12-14-22-30-18-8-2/h15-16,25-26H,7-14,17-22H2,1-6H3. The Morgan fingerprint density at radius 2 is 0.970 bits per heavy atom. The molecular formula is C26H50O7. The highest BCUT2D eigenvalue weighted by Crippen LogP contribution is 2.20. The average Bonchev–Trinajstić information content (AvgIpc) is 2.83. The highest BCUT2D eigenvalue weighted by molar-refractivity contribution is 5.01. The Balaban J connectivity index is 5.15. The maximum atomic E-state index is 6.16. The van der Waals surface area contributed by atoms with E-state index < -0.39 is 12.6 Å². The highest BCUT2D eigenvalue weighted by atomic mass is 16.8. The first-order valence-corrected chi connectivity index (χ1v) is 12.7. The fraction of sp³-hybridized carbons (Fsp3) is 0.846. The predicted molar refractivity (Wildman–Crippen MR) is 132 cm³/mol. The summed E-state index contributed by atoms with van der Waals surface area (Å²) in [6.45, 7) is 12.6. The first-order valence-electron chi connectivity index (χ1n) is 12.7. The molecule has 0 aromatic heterocycles. The Morgan fingerprint density at radius 3 is 1.30 bits per heavy atom. The molecule has 0 aliphatic heterocycles. The first-order chi connectivity index (χ1) is 16.2. The molecule has 0 N–H and O–H groups in total. The number of unbranched alkanes of at least 4 members (excludes halogenated alkanes) is 2. The van der Waals surface area contributed by atoms with Crippen LogP contribution < -0.4 is 0 Å². The summed E-state index contributed by atoms with van der Waals surface area (Å²) < 4.78 is 40.5.